The average Bonchev–Trinajstić information content (AvgIpc) is 2.58. The summed E-state index contributed by atoms with van der Waals surface area (Å²) in [5, 5.41) is 12.4. The van der Waals surface area contributed by atoms with Crippen LogP contribution < -0.4 is 10.3 Å². The summed E-state index contributed by atoms with van der Waals surface area (Å²) in [5.41, 5.74) is -1.27. The third-order valence-corrected chi connectivity index (χ3v) is 4.50. The zero-order valence-electron chi connectivity index (χ0n) is 18.9. The fraction of sp³-hybridized carbons (Fsp3) is 0.800. The van der Waals surface area contributed by atoms with E-state index in [1.54, 1.807) is 13.8 Å². The van der Waals surface area contributed by atoms with Gasteiger partial charge >= 0.3 is 23.7 Å². The summed E-state index contributed by atoms with van der Waals surface area (Å²) in [6, 6.07) is -0.249. The van der Waals surface area contributed by atoms with Crippen molar-refractivity contribution in [3.8, 4) is 0 Å². The molecule has 0 bridgehead atoms. The van der Waals surface area contributed by atoms with Crippen molar-refractivity contribution in [1.29, 1.82) is 0 Å². The summed E-state index contributed by atoms with van der Waals surface area (Å²) >= 11 is 0. The molecular weight excluding hydrogens is 380 g/mol. The van der Waals surface area contributed by atoms with Gasteiger partial charge in [0.25, 0.3) is 0 Å². The van der Waals surface area contributed by atoms with Gasteiger partial charge in [0.2, 0.25) is 0 Å². The van der Waals surface area contributed by atoms with Crippen LogP contribution in [0.25, 0.3) is 0 Å². The van der Waals surface area contributed by atoms with Gasteiger partial charge in [-0.2, -0.15) is 0 Å². The number of carbonyl (C=O) groups excluding carboxylic acids is 3. The highest BCUT2D eigenvalue weighted by Crippen LogP contribution is 2.22. The number of aliphatic hydroxyl groups excluding tert-OH is 1. The highest BCUT2D eigenvalue weighted by atomic mass is 16.5. The lowest BCUT2D eigenvalue weighted by Gasteiger charge is -2.35. The lowest BCUT2D eigenvalue weighted by Crippen LogP contribution is -2.81. The smallest absolute Gasteiger partial charge is 0.446 e. The molecule has 29 heavy (non-hydrogen) atoms. The molecule has 0 spiro atoms. The number of esters is 2. The second-order valence-electron chi connectivity index (χ2n) is 8.19. The van der Waals surface area contributed by atoms with Crippen LogP contribution >= 0.6 is 0 Å². The van der Waals surface area contributed by atoms with Crippen LogP contribution in [0.5, 0.6) is 0 Å². The summed E-state index contributed by atoms with van der Waals surface area (Å²) in [7, 11) is 0. The van der Waals surface area contributed by atoms with E-state index in [-0.39, 0.29) is 25.2 Å². The lowest BCUT2D eigenvalue weighted by molar-refractivity contribution is -0.510. The maximum absolute atomic E-state index is 11.9. The highest BCUT2D eigenvalue weighted by molar-refractivity contribution is 6.32. The van der Waals surface area contributed by atoms with Crippen molar-refractivity contribution in [2.24, 2.45) is 5.92 Å². The van der Waals surface area contributed by atoms with Crippen molar-refractivity contribution in [3.05, 3.63) is 0 Å². The van der Waals surface area contributed by atoms with E-state index in [4.69, 9.17) is 14.2 Å². The molecule has 0 aliphatic rings. The first-order chi connectivity index (χ1) is 13.3. The standard InChI is InChI=1S/C20H36N2O7/c1-9-27-17(25)15(23)21-14(4)11-19(5,6)29-12-13(3)20(7,8)22-16(24)18(26)28-10-2/h13-14H,9-12H2,1-8H3,(H,21,23)(H,22,24)/p+1. The van der Waals surface area contributed by atoms with Gasteiger partial charge in [-0.3, -0.25) is 4.79 Å². The molecule has 2 unspecified atom stereocenters. The Morgan fingerprint density at radius 3 is 2.03 bits per heavy atom. The number of hydrogen-bond donors (Lipinski definition) is 3. The summed E-state index contributed by atoms with van der Waals surface area (Å²) in [6.07, 6.45) is 0.499. The first kappa shape index (κ1) is 26.8. The van der Waals surface area contributed by atoms with Crippen molar-refractivity contribution >= 4 is 23.7 Å². The van der Waals surface area contributed by atoms with Gasteiger partial charge in [-0.05, 0) is 48.5 Å². The Morgan fingerprint density at radius 2 is 1.52 bits per heavy atom. The first-order valence-corrected chi connectivity index (χ1v) is 9.88. The number of ether oxygens (including phenoxy) is 3. The van der Waals surface area contributed by atoms with Crippen molar-refractivity contribution in [2.75, 3.05) is 19.8 Å². The monoisotopic (exact) mass is 417 g/mol. The Labute approximate surface area is 173 Å². The molecule has 0 aromatic heterocycles. The van der Waals surface area contributed by atoms with E-state index in [0.29, 0.717) is 13.0 Å². The lowest BCUT2D eigenvalue weighted by atomic mass is 9.89. The molecule has 0 aliphatic carbocycles. The van der Waals surface area contributed by atoms with Crippen LogP contribution in [0.15, 0.2) is 0 Å². The Bertz CT molecular complexity index is 600. The second-order valence-corrected chi connectivity index (χ2v) is 8.19. The number of rotatable bonds is 10. The van der Waals surface area contributed by atoms with Crippen LogP contribution in [-0.4, -0.2) is 65.9 Å². The Balaban J connectivity index is 4.76. The summed E-state index contributed by atoms with van der Waals surface area (Å²) < 4.78 is 15.4. The maximum atomic E-state index is 11.9. The second kappa shape index (κ2) is 11.7. The molecule has 0 aromatic carbocycles. The van der Waals surface area contributed by atoms with E-state index in [1.165, 1.54) is 0 Å². The molecule has 0 aromatic rings. The number of amides is 1. The van der Waals surface area contributed by atoms with Gasteiger partial charge in [-0.15, -0.1) is 0 Å². The molecule has 9 heteroatoms. The van der Waals surface area contributed by atoms with Gasteiger partial charge in [-0.25, -0.2) is 14.6 Å². The van der Waals surface area contributed by atoms with Crippen LogP contribution in [0, 0.1) is 5.92 Å². The first-order valence-electron chi connectivity index (χ1n) is 9.88. The molecule has 0 radical (unpaired) electrons. The summed E-state index contributed by atoms with van der Waals surface area (Å²) in [6.45, 7) is 15.0. The van der Waals surface area contributed by atoms with Crippen molar-refractivity contribution in [1.82, 2.24) is 5.32 Å². The minimum Gasteiger partial charge on any atom is -0.459 e. The molecule has 9 nitrogen and oxygen atoms in total. The van der Waals surface area contributed by atoms with E-state index < -0.39 is 34.9 Å². The third kappa shape index (κ3) is 10.3. The Hall–Kier alpha value is -2.16. The van der Waals surface area contributed by atoms with Crippen molar-refractivity contribution in [2.45, 2.75) is 79.0 Å². The van der Waals surface area contributed by atoms with Crippen LogP contribution in [0.4, 0.5) is 0 Å². The van der Waals surface area contributed by atoms with E-state index in [1.807, 2.05) is 41.5 Å². The fourth-order valence-corrected chi connectivity index (χ4v) is 2.56. The van der Waals surface area contributed by atoms with Crippen molar-refractivity contribution < 1.29 is 38.7 Å². The van der Waals surface area contributed by atoms with Crippen LogP contribution in [0.3, 0.4) is 0 Å². The minimum absolute atomic E-state index is 0.108. The molecule has 0 saturated heterocycles. The predicted octanol–water partition coefficient (Wildman–Crippen LogP) is 0.254. The molecule has 0 aliphatic heterocycles. The molecule has 0 heterocycles. The molecule has 0 fully saturated rings. The third-order valence-electron chi connectivity index (χ3n) is 4.50. The number of aliphatic hydroxyl groups is 1. The van der Waals surface area contributed by atoms with E-state index in [0.717, 1.165) is 0 Å². The Morgan fingerprint density at radius 1 is 1.00 bits per heavy atom. The van der Waals surface area contributed by atoms with Gasteiger partial charge in [0.1, 0.15) is 0 Å². The SMILES string of the molecule is CCOC(=O)C(=O)NC(C)(C)C(C)COC(C)(C)CC(C)[NH+]=C(O)C(=O)OCC. The summed E-state index contributed by atoms with van der Waals surface area (Å²) in [5.74, 6) is -3.14. The van der Waals surface area contributed by atoms with Crippen LogP contribution in [0.1, 0.15) is 61.8 Å². The summed E-state index contributed by atoms with van der Waals surface area (Å²) in [4.78, 5) is 37.6. The van der Waals surface area contributed by atoms with Gasteiger partial charge < -0.3 is 24.6 Å². The van der Waals surface area contributed by atoms with E-state index in [9.17, 15) is 19.5 Å². The molecular formula is C20H37N2O7+. The number of carbonyl (C=O) groups is 3. The molecule has 1 amide bonds. The van der Waals surface area contributed by atoms with Crippen LogP contribution in [0.2, 0.25) is 0 Å². The largest absolute Gasteiger partial charge is 0.459 e. The maximum Gasteiger partial charge on any atom is 0.446 e. The molecule has 0 rings (SSSR count). The van der Waals surface area contributed by atoms with Crippen LogP contribution in [-0.2, 0) is 28.6 Å². The highest BCUT2D eigenvalue weighted by Gasteiger charge is 2.33. The zero-order chi connectivity index (χ0) is 22.8. The Kier molecular flexibility index (Phi) is 10.9. The average molecular weight is 418 g/mol. The number of nitrogens with one attached hydrogen (secondary N) is 2. The molecule has 2 atom stereocenters. The number of hydrogen-bond acceptors (Lipinski definition) is 6. The normalized spacial score (nSPS) is 14.7. The van der Waals surface area contributed by atoms with Gasteiger partial charge in [0.05, 0.1) is 25.4 Å². The fourth-order valence-electron chi connectivity index (χ4n) is 2.56. The van der Waals surface area contributed by atoms with E-state index >= 15 is 0 Å². The van der Waals surface area contributed by atoms with E-state index in [2.05, 4.69) is 10.3 Å². The zero-order valence-corrected chi connectivity index (χ0v) is 18.9. The topological polar surface area (TPSA) is 125 Å². The van der Waals surface area contributed by atoms with Gasteiger partial charge in [-0.1, -0.05) is 6.92 Å². The molecule has 3 N–H and O–H groups in total. The van der Waals surface area contributed by atoms with Gasteiger partial charge in [0.15, 0.2) is 6.04 Å². The minimum atomic E-state index is -0.911. The van der Waals surface area contributed by atoms with Gasteiger partial charge in [0, 0.05) is 17.9 Å². The molecule has 0 saturated carbocycles. The molecule has 168 valence electrons. The van der Waals surface area contributed by atoms with Crippen molar-refractivity contribution in [3.63, 3.8) is 0 Å². The quantitative estimate of drug-likeness (QED) is 0.201. The predicted molar refractivity (Wildman–Crippen MR) is 107 cm³/mol.